The maximum absolute atomic E-state index is 10.9. The molecule has 3 heteroatoms. The molecule has 54 valence electrons. The first-order valence-corrected chi connectivity index (χ1v) is 4.83. The number of rotatable bonds is 1. The molecule has 0 aromatic rings. The monoisotopic (exact) mass is 148 g/mol. The predicted octanol–water partition coefficient (Wildman–Crippen LogP) is 0.544. The van der Waals surface area contributed by atoms with Gasteiger partial charge >= 0.3 is 0 Å². The van der Waals surface area contributed by atoms with Gasteiger partial charge in [-0.05, 0) is 12.8 Å². The second-order valence-corrected chi connectivity index (χ2v) is 3.97. The normalized spacial score (nSPS) is 25.9. The molecular formula is C6H12O2S. The molecule has 9 heavy (non-hydrogen) atoms. The first kappa shape index (κ1) is 7.22. The van der Waals surface area contributed by atoms with Gasteiger partial charge in [0.05, 0.1) is 0 Å². The molecule has 0 spiro atoms. The van der Waals surface area contributed by atoms with Crippen LogP contribution < -0.4 is 0 Å². The summed E-state index contributed by atoms with van der Waals surface area (Å²) in [6, 6.07) is 0. The third kappa shape index (κ3) is 2.06. The average Bonchev–Trinajstić information content (AvgIpc) is 1.90. The molecule has 1 atom stereocenters. The van der Waals surface area contributed by atoms with Crippen LogP contribution in [-0.4, -0.2) is 28.9 Å². The molecule has 1 heterocycles. The van der Waals surface area contributed by atoms with E-state index in [-0.39, 0.29) is 0 Å². The molecule has 1 aliphatic rings. The van der Waals surface area contributed by atoms with E-state index in [1.165, 1.54) is 0 Å². The summed E-state index contributed by atoms with van der Waals surface area (Å²) in [6.45, 7) is 1.59. The van der Waals surface area contributed by atoms with Crippen molar-refractivity contribution >= 4 is 10.8 Å². The van der Waals surface area contributed by atoms with E-state index in [1.54, 1.807) is 6.26 Å². The molecule has 0 radical (unpaired) electrons. The van der Waals surface area contributed by atoms with Gasteiger partial charge in [0.25, 0.3) is 0 Å². The molecule has 2 nitrogen and oxygen atoms in total. The summed E-state index contributed by atoms with van der Waals surface area (Å²) in [6.07, 6.45) is 3.72. The Hall–Kier alpha value is 0.110. The Kier molecular flexibility index (Phi) is 2.66. The summed E-state index contributed by atoms with van der Waals surface area (Å²) in [5, 5.41) is 0.402. The first-order valence-electron chi connectivity index (χ1n) is 3.20. The highest BCUT2D eigenvalue weighted by Gasteiger charge is 2.16. The van der Waals surface area contributed by atoms with Gasteiger partial charge in [0.2, 0.25) is 0 Å². The number of hydrogen-bond donors (Lipinski definition) is 0. The fourth-order valence-corrected chi connectivity index (χ4v) is 1.86. The zero-order chi connectivity index (χ0) is 6.69. The lowest BCUT2D eigenvalue weighted by Crippen LogP contribution is -2.23. The maximum atomic E-state index is 10.9. The molecule has 0 aliphatic carbocycles. The molecule has 1 fully saturated rings. The minimum Gasteiger partial charge on any atom is -0.381 e. The fourth-order valence-electron chi connectivity index (χ4n) is 1.01. The third-order valence-electron chi connectivity index (χ3n) is 1.64. The van der Waals surface area contributed by atoms with Crippen LogP contribution in [0, 0.1) is 0 Å². The van der Waals surface area contributed by atoms with Gasteiger partial charge in [0.15, 0.2) is 0 Å². The molecule has 0 amide bonds. The fraction of sp³-hybridized carbons (Fsp3) is 1.00. The van der Waals surface area contributed by atoms with Gasteiger partial charge in [-0.2, -0.15) is 0 Å². The van der Waals surface area contributed by atoms with Crippen LogP contribution in [0.25, 0.3) is 0 Å². The number of hydrogen-bond acceptors (Lipinski definition) is 2. The smallest absolute Gasteiger partial charge is 0.0477 e. The Bertz CT molecular complexity index is 108. The van der Waals surface area contributed by atoms with Crippen molar-refractivity contribution in [3.63, 3.8) is 0 Å². The van der Waals surface area contributed by atoms with Crippen LogP contribution in [0.1, 0.15) is 12.8 Å². The molecule has 1 saturated heterocycles. The van der Waals surface area contributed by atoms with Crippen LogP contribution in [-0.2, 0) is 15.5 Å². The van der Waals surface area contributed by atoms with E-state index in [4.69, 9.17) is 4.74 Å². The Morgan fingerprint density at radius 1 is 1.44 bits per heavy atom. The standard InChI is InChI=1S/C6H12O2S/c1-9(7)6-2-4-8-5-3-6/h6H,2-5H2,1H3/t9-/m0/s1. The maximum Gasteiger partial charge on any atom is 0.0477 e. The lowest BCUT2D eigenvalue weighted by atomic mass is 10.2. The molecule has 0 saturated carbocycles. The Morgan fingerprint density at radius 2 is 2.00 bits per heavy atom. The summed E-state index contributed by atoms with van der Waals surface area (Å²) in [7, 11) is -0.632. The molecular weight excluding hydrogens is 136 g/mol. The van der Waals surface area contributed by atoms with Gasteiger partial charge in [-0.15, -0.1) is 0 Å². The first-order chi connectivity index (χ1) is 4.30. The Labute approximate surface area is 58.0 Å². The predicted molar refractivity (Wildman–Crippen MR) is 37.9 cm³/mol. The Balaban J connectivity index is 2.31. The highest BCUT2D eigenvalue weighted by Crippen LogP contribution is 2.11. The molecule has 0 unspecified atom stereocenters. The van der Waals surface area contributed by atoms with Crippen molar-refractivity contribution in [2.45, 2.75) is 18.1 Å². The van der Waals surface area contributed by atoms with Gasteiger partial charge < -0.3 is 4.74 Å². The third-order valence-corrected chi connectivity index (χ3v) is 3.05. The minimum absolute atomic E-state index is 0.402. The second-order valence-electron chi connectivity index (χ2n) is 2.31. The topological polar surface area (TPSA) is 26.3 Å². The summed E-state index contributed by atoms with van der Waals surface area (Å²) >= 11 is 0. The van der Waals surface area contributed by atoms with E-state index in [1.807, 2.05) is 0 Å². The molecule has 1 rings (SSSR count). The highest BCUT2D eigenvalue weighted by atomic mass is 32.2. The van der Waals surface area contributed by atoms with Crippen molar-refractivity contribution in [3.8, 4) is 0 Å². The van der Waals surface area contributed by atoms with Crippen LogP contribution in [0.5, 0.6) is 0 Å². The van der Waals surface area contributed by atoms with Crippen molar-refractivity contribution < 1.29 is 8.95 Å². The van der Waals surface area contributed by atoms with E-state index in [2.05, 4.69) is 0 Å². The zero-order valence-electron chi connectivity index (χ0n) is 5.63. The van der Waals surface area contributed by atoms with Crippen molar-refractivity contribution in [1.82, 2.24) is 0 Å². The molecule has 0 aromatic heterocycles. The largest absolute Gasteiger partial charge is 0.381 e. The van der Waals surface area contributed by atoms with Crippen LogP contribution >= 0.6 is 0 Å². The molecule has 0 N–H and O–H groups in total. The van der Waals surface area contributed by atoms with Gasteiger partial charge in [0.1, 0.15) is 0 Å². The molecule has 1 aliphatic heterocycles. The summed E-state index contributed by atoms with van der Waals surface area (Å²) in [4.78, 5) is 0. The minimum atomic E-state index is -0.632. The van der Waals surface area contributed by atoms with Gasteiger partial charge in [-0.1, -0.05) is 0 Å². The lowest BCUT2D eigenvalue weighted by Gasteiger charge is -2.19. The van der Waals surface area contributed by atoms with Crippen LogP contribution in [0.15, 0.2) is 0 Å². The lowest BCUT2D eigenvalue weighted by molar-refractivity contribution is 0.0993. The van der Waals surface area contributed by atoms with Gasteiger partial charge in [-0.3, -0.25) is 4.21 Å². The van der Waals surface area contributed by atoms with E-state index >= 15 is 0 Å². The zero-order valence-corrected chi connectivity index (χ0v) is 6.45. The Morgan fingerprint density at radius 3 is 2.33 bits per heavy atom. The van der Waals surface area contributed by atoms with Crippen LogP contribution in [0.3, 0.4) is 0 Å². The van der Waals surface area contributed by atoms with E-state index in [0.29, 0.717) is 5.25 Å². The van der Waals surface area contributed by atoms with Gasteiger partial charge in [-0.25, -0.2) is 0 Å². The SMILES string of the molecule is C[S@](=O)C1CCOCC1. The highest BCUT2D eigenvalue weighted by molar-refractivity contribution is 7.84. The second kappa shape index (κ2) is 3.32. The van der Waals surface area contributed by atoms with E-state index in [9.17, 15) is 4.21 Å². The van der Waals surface area contributed by atoms with Crippen molar-refractivity contribution in [2.75, 3.05) is 19.5 Å². The summed E-state index contributed by atoms with van der Waals surface area (Å²) < 4.78 is 16.0. The van der Waals surface area contributed by atoms with Crippen molar-refractivity contribution in [2.24, 2.45) is 0 Å². The summed E-state index contributed by atoms with van der Waals surface area (Å²) in [5.74, 6) is 0. The van der Waals surface area contributed by atoms with Crippen LogP contribution in [0.2, 0.25) is 0 Å². The van der Waals surface area contributed by atoms with E-state index < -0.39 is 10.8 Å². The van der Waals surface area contributed by atoms with Crippen molar-refractivity contribution in [3.05, 3.63) is 0 Å². The quantitative estimate of drug-likeness (QED) is 0.542. The van der Waals surface area contributed by atoms with Crippen LogP contribution in [0.4, 0.5) is 0 Å². The average molecular weight is 148 g/mol. The molecule has 0 aromatic carbocycles. The van der Waals surface area contributed by atoms with Crippen molar-refractivity contribution in [1.29, 1.82) is 0 Å². The molecule has 0 bridgehead atoms. The summed E-state index contributed by atoms with van der Waals surface area (Å²) in [5.41, 5.74) is 0. The van der Waals surface area contributed by atoms with Gasteiger partial charge in [0, 0.05) is 35.5 Å². The van der Waals surface area contributed by atoms with E-state index in [0.717, 1.165) is 26.1 Å². The number of ether oxygens (including phenoxy) is 1.